The Morgan fingerprint density at radius 3 is 2.59 bits per heavy atom. The fourth-order valence-corrected chi connectivity index (χ4v) is 5.58. The van der Waals surface area contributed by atoms with Crippen LogP contribution in [0.4, 0.5) is 19.0 Å². The maximum atomic E-state index is 12.9. The number of hydrogen-bond acceptors (Lipinski definition) is 7. The molecule has 2 aromatic heterocycles. The van der Waals surface area contributed by atoms with Crippen molar-refractivity contribution in [3.63, 3.8) is 0 Å². The molecule has 2 aliphatic heterocycles. The van der Waals surface area contributed by atoms with Gasteiger partial charge in [0.15, 0.2) is 17.4 Å². The summed E-state index contributed by atoms with van der Waals surface area (Å²) in [5, 5.41) is 19.5. The van der Waals surface area contributed by atoms with Gasteiger partial charge in [0, 0.05) is 36.8 Å². The summed E-state index contributed by atoms with van der Waals surface area (Å²) >= 11 is 6.34. The molecule has 2 fully saturated rings. The van der Waals surface area contributed by atoms with Gasteiger partial charge in [-0.25, -0.2) is 4.98 Å². The highest BCUT2D eigenvalue weighted by molar-refractivity contribution is 6.30. The molecule has 0 N–H and O–H groups in total. The Morgan fingerprint density at radius 1 is 1.11 bits per heavy atom. The molecule has 0 amide bonds. The molecule has 12 heteroatoms. The van der Waals surface area contributed by atoms with E-state index in [9.17, 15) is 18.4 Å². The van der Waals surface area contributed by atoms with E-state index < -0.39 is 11.9 Å². The molecule has 0 unspecified atom stereocenters. The van der Waals surface area contributed by atoms with Gasteiger partial charge in [-0.05, 0) is 61.6 Å². The Kier molecular flexibility index (Phi) is 5.76. The van der Waals surface area contributed by atoms with Gasteiger partial charge in [-0.2, -0.15) is 5.26 Å². The highest BCUT2D eigenvalue weighted by Crippen LogP contribution is 2.45. The standard InChI is InChI=1S/C25H23ClF3N7O/c26-18-3-4-19-17(12-18)13-35(24(15-30)7-8-24)14-21-32-33-22(36(19)21)16-5-10-34(11-6-16)23-20(2-1-9-31-23)37-25(27,28)29/h1-4,9,12,16H,5-8,10-11,13-14H2. The summed E-state index contributed by atoms with van der Waals surface area (Å²) in [6.45, 7) is 2.08. The molecule has 192 valence electrons. The molecule has 0 spiro atoms. The Labute approximate surface area is 216 Å². The van der Waals surface area contributed by atoms with Gasteiger partial charge in [0.05, 0.1) is 18.3 Å². The number of pyridine rings is 1. The van der Waals surface area contributed by atoms with Crippen LogP contribution in [0, 0.1) is 11.3 Å². The molecule has 0 radical (unpaired) electrons. The lowest BCUT2D eigenvalue weighted by Gasteiger charge is -2.33. The molecule has 1 saturated carbocycles. The zero-order valence-electron chi connectivity index (χ0n) is 19.7. The van der Waals surface area contributed by atoms with Gasteiger partial charge >= 0.3 is 6.36 Å². The number of anilines is 1. The van der Waals surface area contributed by atoms with Crippen molar-refractivity contribution in [2.24, 2.45) is 0 Å². The van der Waals surface area contributed by atoms with Crippen LogP contribution in [-0.4, -0.2) is 49.6 Å². The van der Waals surface area contributed by atoms with E-state index in [0.717, 1.165) is 35.7 Å². The molecule has 1 aromatic carbocycles. The number of aromatic nitrogens is 4. The van der Waals surface area contributed by atoms with Gasteiger partial charge in [-0.1, -0.05) is 11.6 Å². The maximum absolute atomic E-state index is 12.9. The Hall–Kier alpha value is -3.36. The van der Waals surface area contributed by atoms with Gasteiger partial charge in [0.25, 0.3) is 0 Å². The monoisotopic (exact) mass is 529 g/mol. The molecule has 0 atom stereocenters. The number of alkyl halides is 3. The first-order valence-corrected chi connectivity index (χ1v) is 12.5. The van der Waals surface area contributed by atoms with E-state index in [0.29, 0.717) is 44.0 Å². The molecule has 1 saturated heterocycles. The number of piperidine rings is 1. The highest BCUT2D eigenvalue weighted by Gasteiger charge is 2.50. The summed E-state index contributed by atoms with van der Waals surface area (Å²) in [6, 6.07) is 10.9. The number of halogens is 4. The normalized spacial score (nSPS) is 19.5. The smallest absolute Gasteiger partial charge is 0.402 e. The predicted octanol–water partition coefficient (Wildman–Crippen LogP) is 4.97. The summed E-state index contributed by atoms with van der Waals surface area (Å²) in [5.74, 6) is 1.51. The minimum absolute atomic E-state index is 0.0501. The molecular formula is C25H23ClF3N7O. The SMILES string of the molecule is N#CC1(N2Cc3cc(Cl)ccc3-n3c(nnc3C3CCN(c4ncccc4OC(F)(F)F)CC3)C2)CC1. The van der Waals surface area contributed by atoms with E-state index in [1.165, 1.54) is 18.3 Å². The van der Waals surface area contributed by atoms with Crippen molar-refractivity contribution in [2.45, 2.75) is 56.6 Å². The van der Waals surface area contributed by atoms with Crippen LogP contribution in [0.2, 0.25) is 5.02 Å². The molecular weight excluding hydrogens is 507 g/mol. The maximum Gasteiger partial charge on any atom is 0.573 e. The third-order valence-corrected chi connectivity index (χ3v) is 7.64. The van der Waals surface area contributed by atoms with Gasteiger partial charge in [-0.3, -0.25) is 9.47 Å². The van der Waals surface area contributed by atoms with Crippen LogP contribution in [0.1, 0.15) is 48.8 Å². The van der Waals surface area contributed by atoms with Crippen molar-refractivity contribution in [1.82, 2.24) is 24.6 Å². The lowest BCUT2D eigenvalue weighted by molar-refractivity contribution is -0.274. The molecule has 3 aliphatic rings. The Balaban J connectivity index is 1.28. The van der Waals surface area contributed by atoms with Gasteiger partial charge in [0.2, 0.25) is 0 Å². The average Bonchev–Trinajstić information content (AvgIpc) is 3.60. The molecule has 4 heterocycles. The number of rotatable bonds is 4. The summed E-state index contributed by atoms with van der Waals surface area (Å²) in [6.07, 6.45) is -0.350. The summed E-state index contributed by atoms with van der Waals surface area (Å²) in [4.78, 5) is 8.14. The van der Waals surface area contributed by atoms with Crippen LogP contribution >= 0.6 is 11.6 Å². The van der Waals surface area contributed by atoms with Gasteiger partial charge < -0.3 is 9.64 Å². The van der Waals surface area contributed by atoms with Crippen LogP contribution in [-0.2, 0) is 13.1 Å². The molecule has 6 rings (SSSR count). The van der Waals surface area contributed by atoms with E-state index in [1.54, 1.807) is 0 Å². The third kappa shape index (κ3) is 4.49. The van der Waals surface area contributed by atoms with Crippen LogP contribution in [0.5, 0.6) is 5.75 Å². The van der Waals surface area contributed by atoms with Crippen molar-refractivity contribution < 1.29 is 17.9 Å². The Bertz CT molecular complexity index is 1370. The zero-order chi connectivity index (χ0) is 25.8. The van der Waals surface area contributed by atoms with E-state index in [4.69, 9.17) is 11.6 Å². The molecule has 0 bridgehead atoms. The fraction of sp³-hybridized carbons (Fsp3) is 0.440. The second kappa shape index (κ2) is 8.89. The first-order valence-electron chi connectivity index (χ1n) is 12.1. The largest absolute Gasteiger partial charge is 0.573 e. The van der Waals surface area contributed by atoms with Crippen molar-refractivity contribution in [3.8, 4) is 17.5 Å². The van der Waals surface area contributed by atoms with Crippen LogP contribution in [0.15, 0.2) is 36.5 Å². The summed E-state index contributed by atoms with van der Waals surface area (Å²) in [7, 11) is 0. The van der Waals surface area contributed by atoms with Crippen LogP contribution in [0.3, 0.4) is 0 Å². The number of nitriles is 1. The first-order chi connectivity index (χ1) is 17.8. The van der Waals surface area contributed by atoms with Crippen molar-refractivity contribution in [1.29, 1.82) is 5.26 Å². The second-order valence-corrected chi connectivity index (χ2v) is 10.2. The van der Waals surface area contributed by atoms with Gasteiger partial charge in [-0.15, -0.1) is 23.4 Å². The molecule has 37 heavy (non-hydrogen) atoms. The van der Waals surface area contributed by atoms with Crippen LogP contribution in [0.25, 0.3) is 5.69 Å². The van der Waals surface area contributed by atoms with E-state index in [2.05, 4.69) is 35.5 Å². The number of fused-ring (bicyclic) bond motifs is 3. The van der Waals surface area contributed by atoms with Gasteiger partial charge in [0.1, 0.15) is 11.4 Å². The average molecular weight is 530 g/mol. The topological polar surface area (TPSA) is 83.1 Å². The summed E-state index contributed by atoms with van der Waals surface area (Å²) in [5.41, 5.74) is 1.47. The molecule has 3 aromatic rings. The number of ether oxygens (including phenoxy) is 1. The zero-order valence-corrected chi connectivity index (χ0v) is 20.5. The van der Waals surface area contributed by atoms with Crippen molar-refractivity contribution in [2.75, 3.05) is 18.0 Å². The Morgan fingerprint density at radius 2 is 1.89 bits per heavy atom. The molecule has 8 nitrogen and oxygen atoms in total. The predicted molar refractivity (Wildman–Crippen MR) is 128 cm³/mol. The molecule has 1 aliphatic carbocycles. The lowest BCUT2D eigenvalue weighted by Crippen LogP contribution is -2.35. The minimum atomic E-state index is -4.79. The number of benzene rings is 1. The second-order valence-electron chi connectivity index (χ2n) is 9.72. The van der Waals surface area contributed by atoms with E-state index in [1.807, 2.05) is 23.1 Å². The fourth-order valence-electron chi connectivity index (χ4n) is 5.38. The number of hydrogen-bond donors (Lipinski definition) is 0. The van der Waals surface area contributed by atoms with Crippen molar-refractivity contribution in [3.05, 3.63) is 58.8 Å². The number of nitrogens with zero attached hydrogens (tertiary/aromatic N) is 7. The van der Waals surface area contributed by atoms with Crippen molar-refractivity contribution >= 4 is 17.4 Å². The highest BCUT2D eigenvalue weighted by atomic mass is 35.5. The van der Waals surface area contributed by atoms with E-state index >= 15 is 0 Å². The quantitative estimate of drug-likeness (QED) is 0.472. The minimum Gasteiger partial charge on any atom is -0.402 e. The van der Waals surface area contributed by atoms with E-state index in [-0.39, 0.29) is 17.5 Å². The van der Waals surface area contributed by atoms with Crippen LogP contribution < -0.4 is 9.64 Å². The summed E-state index contributed by atoms with van der Waals surface area (Å²) < 4.78 is 45.0. The lowest BCUT2D eigenvalue weighted by atomic mass is 9.95. The third-order valence-electron chi connectivity index (χ3n) is 7.40. The first kappa shape index (κ1) is 24.0.